The minimum atomic E-state index is -1.44. The van der Waals surface area contributed by atoms with Crippen LogP contribution in [0, 0.1) is 29.3 Å². The summed E-state index contributed by atoms with van der Waals surface area (Å²) in [5.41, 5.74) is 0.121. The summed E-state index contributed by atoms with van der Waals surface area (Å²) < 4.78 is 43.6. The fourth-order valence-corrected chi connectivity index (χ4v) is 5.95. The number of fused-ring (bicyclic) bond motifs is 3. The zero-order chi connectivity index (χ0) is 23.4. The maximum absolute atomic E-state index is 14.5. The van der Waals surface area contributed by atoms with E-state index in [4.69, 9.17) is 11.6 Å². The molecular formula is C23H23ClF3N7. The lowest BCUT2D eigenvalue weighted by atomic mass is 9.90. The minimum Gasteiger partial charge on any atom is -0.356 e. The summed E-state index contributed by atoms with van der Waals surface area (Å²) in [5, 5.41) is 8.59. The Morgan fingerprint density at radius 1 is 1.00 bits per heavy atom. The molecule has 4 atom stereocenters. The first-order valence-corrected chi connectivity index (χ1v) is 11.9. The fourth-order valence-electron chi connectivity index (χ4n) is 5.81. The second-order valence-corrected chi connectivity index (χ2v) is 9.73. The normalized spacial score (nSPS) is 25.9. The maximum Gasteiger partial charge on any atom is 0.242 e. The Morgan fingerprint density at radius 2 is 1.79 bits per heavy atom. The van der Waals surface area contributed by atoms with Crippen LogP contribution in [0.5, 0.6) is 0 Å². The number of hydrogen-bond donors (Lipinski definition) is 1. The fraction of sp³-hybridized carbons (Fsp3) is 0.478. The highest BCUT2D eigenvalue weighted by Gasteiger charge is 2.43. The van der Waals surface area contributed by atoms with Crippen molar-refractivity contribution < 1.29 is 13.2 Å². The average Bonchev–Trinajstić information content (AvgIpc) is 3.33. The van der Waals surface area contributed by atoms with Crippen LogP contribution in [0.4, 0.5) is 24.9 Å². The molecule has 0 amide bonds. The number of aromatic nitrogens is 5. The van der Waals surface area contributed by atoms with E-state index in [0.717, 1.165) is 44.2 Å². The highest BCUT2D eigenvalue weighted by atomic mass is 35.5. The van der Waals surface area contributed by atoms with E-state index < -0.39 is 23.4 Å². The van der Waals surface area contributed by atoms with Crippen molar-refractivity contribution in [2.24, 2.45) is 11.8 Å². The average molecular weight is 490 g/mol. The monoisotopic (exact) mass is 489 g/mol. The van der Waals surface area contributed by atoms with Crippen LogP contribution in [0.1, 0.15) is 43.0 Å². The molecule has 2 aliphatic heterocycles. The topological polar surface area (TPSA) is 71.8 Å². The van der Waals surface area contributed by atoms with Crippen molar-refractivity contribution in [3.63, 3.8) is 0 Å². The Kier molecular flexibility index (Phi) is 5.35. The van der Waals surface area contributed by atoms with Gasteiger partial charge < -0.3 is 10.2 Å². The molecule has 2 fully saturated rings. The predicted octanol–water partition coefficient (Wildman–Crippen LogP) is 4.39. The number of halogens is 4. The van der Waals surface area contributed by atoms with Crippen LogP contribution in [0.2, 0.25) is 5.15 Å². The van der Waals surface area contributed by atoms with E-state index in [9.17, 15) is 13.2 Å². The number of anilines is 2. The van der Waals surface area contributed by atoms with Gasteiger partial charge in [0.25, 0.3) is 0 Å². The third-order valence-electron chi connectivity index (χ3n) is 7.39. The standard InChI is InChI=1S/C23H23ClF3N7/c24-17-8-18(29-11-28-17)33-9-12-3-4-13(10-33)21(12)30-23-31-22-15(2-1-7-34(22)32-23)14-5-6-16(25)20(27)19(14)26/h5-6,8,11-13,15,21H,1-4,7,9-10H2,(H,30,32)/t12-,13+,15?,21?. The third-order valence-corrected chi connectivity index (χ3v) is 7.59. The van der Waals surface area contributed by atoms with Crippen molar-refractivity contribution in [3.05, 3.63) is 58.5 Å². The number of hydrogen-bond acceptors (Lipinski definition) is 6. The number of rotatable bonds is 4. The van der Waals surface area contributed by atoms with Crippen molar-refractivity contribution in [1.82, 2.24) is 24.7 Å². The van der Waals surface area contributed by atoms with Gasteiger partial charge in [-0.25, -0.2) is 27.8 Å². The van der Waals surface area contributed by atoms with E-state index in [1.807, 2.05) is 0 Å². The van der Waals surface area contributed by atoms with Crippen LogP contribution in [0.25, 0.3) is 0 Å². The van der Waals surface area contributed by atoms with E-state index in [1.54, 1.807) is 10.7 Å². The van der Waals surface area contributed by atoms with Gasteiger partial charge in [-0.2, -0.15) is 4.98 Å². The summed E-state index contributed by atoms with van der Waals surface area (Å²) in [6, 6.07) is 4.29. The molecule has 2 bridgehead atoms. The molecule has 2 aromatic heterocycles. The highest BCUT2D eigenvalue weighted by molar-refractivity contribution is 6.29. The van der Waals surface area contributed by atoms with E-state index in [2.05, 4.69) is 30.3 Å². The lowest BCUT2D eigenvalue weighted by molar-refractivity contribution is 0.374. The molecular weight excluding hydrogens is 467 g/mol. The van der Waals surface area contributed by atoms with Gasteiger partial charge in [-0.3, -0.25) is 0 Å². The second-order valence-electron chi connectivity index (χ2n) is 9.35. The number of aryl methyl sites for hydroxylation is 1. The molecule has 4 heterocycles. The van der Waals surface area contributed by atoms with Gasteiger partial charge in [0, 0.05) is 43.2 Å². The largest absolute Gasteiger partial charge is 0.356 e. The van der Waals surface area contributed by atoms with Crippen LogP contribution in [0.3, 0.4) is 0 Å². The summed E-state index contributed by atoms with van der Waals surface area (Å²) in [4.78, 5) is 15.3. The molecule has 6 rings (SSSR count). The summed E-state index contributed by atoms with van der Waals surface area (Å²) in [6.45, 7) is 2.35. The maximum atomic E-state index is 14.5. The van der Waals surface area contributed by atoms with Crippen molar-refractivity contribution >= 4 is 23.4 Å². The van der Waals surface area contributed by atoms with E-state index >= 15 is 0 Å². The molecule has 34 heavy (non-hydrogen) atoms. The number of benzene rings is 1. The van der Waals surface area contributed by atoms with Gasteiger partial charge in [-0.05, 0) is 43.6 Å². The van der Waals surface area contributed by atoms with Gasteiger partial charge in [0.05, 0.1) is 0 Å². The first-order chi connectivity index (χ1) is 16.5. The van der Waals surface area contributed by atoms with E-state index in [-0.39, 0.29) is 11.6 Å². The lowest BCUT2D eigenvalue weighted by Gasteiger charge is -2.38. The van der Waals surface area contributed by atoms with Crippen LogP contribution in [-0.4, -0.2) is 43.9 Å². The predicted molar refractivity (Wildman–Crippen MR) is 120 cm³/mol. The van der Waals surface area contributed by atoms with Gasteiger partial charge in [0.15, 0.2) is 17.5 Å². The first-order valence-electron chi connectivity index (χ1n) is 11.5. The zero-order valence-corrected chi connectivity index (χ0v) is 19.0. The van der Waals surface area contributed by atoms with Crippen LogP contribution in [-0.2, 0) is 6.54 Å². The van der Waals surface area contributed by atoms with Gasteiger partial charge in [-0.1, -0.05) is 17.7 Å². The molecule has 2 unspecified atom stereocenters. The third kappa shape index (κ3) is 3.68. The van der Waals surface area contributed by atoms with Crippen molar-refractivity contribution in [2.75, 3.05) is 23.3 Å². The quantitative estimate of drug-likeness (QED) is 0.433. The van der Waals surface area contributed by atoms with E-state index in [1.165, 1.54) is 12.4 Å². The summed E-state index contributed by atoms with van der Waals surface area (Å²) in [7, 11) is 0. The summed E-state index contributed by atoms with van der Waals surface area (Å²) in [5.74, 6) is -1.53. The Balaban J connectivity index is 1.22. The number of nitrogens with one attached hydrogen (secondary N) is 1. The molecule has 1 aromatic carbocycles. The smallest absolute Gasteiger partial charge is 0.242 e. The van der Waals surface area contributed by atoms with Crippen LogP contribution >= 0.6 is 11.6 Å². The Bertz CT molecular complexity index is 1220. The molecule has 11 heteroatoms. The molecule has 3 aromatic rings. The molecule has 1 saturated carbocycles. The van der Waals surface area contributed by atoms with Crippen LogP contribution in [0.15, 0.2) is 24.5 Å². The Hall–Kier alpha value is -2.88. The molecule has 1 aliphatic carbocycles. The minimum absolute atomic E-state index is 0.121. The lowest BCUT2D eigenvalue weighted by Crippen LogP contribution is -2.48. The van der Waals surface area contributed by atoms with Gasteiger partial charge >= 0.3 is 0 Å². The zero-order valence-electron chi connectivity index (χ0n) is 18.3. The molecule has 0 radical (unpaired) electrons. The summed E-state index contributed by atoms with van der Waals surface area (Å²) >= 11 is 6.05. The Labute approximate surface area is 199 Å². The molecule has 3 aliphatic rings. The van der Waals surface area contributed by atoms with Crippen molar-refractivity contribution in [2.45, 2.75) is 44.2 Å². The van der Waals surface area contributed by atoms with Gasteiger partial charge in [0.2, 0.25) is 5.95 Å². The first kappa shape index (κ1) is 21.6. The second kappa shape index (κ2) is 8.41. The van der Waals surface area contributed by atoms with Crippen molar-refractivity contribution in [3.8, 4) is 0 Å². The highest BCUT2D eigenvalue weighted by Crippen LogP contribution is 2.40. The Morgan fingerprint density at radius 3 is 2.56 bits per heavy atom. The van der Waals surface area contributed by atoms with Crippen molar-refractivity contribution in [1.29, 1.82) is 0 Å². The molecule has 178 valence electrons. The summed E-state index contributed by atoms with van der Waals surface area (Å²) in [6.07, 6.45) is 5.02. The molecule has 7 nitrogen and oxygen atoms in total. The van der Waals surface area contributed by atoms with E-state index in [0.29, 0.717) is 41.7 Å². The van der Waals surface area contributed by atoms with Gasteiger partial charge in [0.1, 0.15) is 23.1 Å². The van der Waals surface area contributed by atoms with Crippen LogP contribution < -0.4 is 10.2 Å². The molecule has 1 saturated heterocycles. The molecule has 0 spiro atoms. The SMILES string of the molecule is Fc1ccc(C2CCCn3nc(NC4[C@@H]5CC[C@H]4CN(c4cc(Cl)ncn4)C5)nc32)c(F)c1F. The van der Waals surface area contributed by atoms with Gasteiger partial charge in [-0.15, -0.1) is 5.10 Å². The molecule has 1 N–H and O–H groups in total. The number of piperidine rings is 1. The number of nitrogens with zero attached hydrogens (tertiary/aromatic N) is 6.